The molecule has 0 saturated heterocycles. The summed E-state index contributed by atoms with van der Waals surface area (Å²) in [5, 5.41) is 0.952. The maximum atomic E-state index is 12.1. The maximum absolute atomic E-state index is 12.1. The third-order valence-electron chi connectivity index (χ3n) is 2.09. The summed E-state index contributed by atoms with van der Waals surface area (Å²) in [6, 6.07) is 8.61. The summed E-state index contributed by atoms with van der Waals surface area (Å²) in [5.41, 5.74) is 0.527. The first-order valence-corrected chi connectivity index (χ1v) is 6.21. The number of thiophene rings is 1. The Bertz CT molecular complexity index is 525. The van der Waals surface area contributed by atoms with E-state index in [0.717, 1.165) is 4.88 Å². The van der Waals surface area contributed by atoms with Crippen molar-refractivity contribution < 1.29 is 4.79 Å². The Morgan fingerprint density at radius 1 is 1.12 bits per heavy atom. The summed E-state index contributed by atoms with van der Waals surface area (Å²) >= 11 is 13.2. The Balaban J connectivity index is 2.41. The number of carbonyl (C=O) groups excluding carboxylic acids is 1. The zero-order valence-electron chi connectivity index (χ0n) is 8.46. The van der Waals surface area contributed by atoms with Crippen molar-refractivity contribution in [2.75, 3.05) is 0 Å². The Labute approximate surface area is 108 Å². The van der Waals surface area contributed by atoms with E-state index in [-0.39, 0.29) is 5.78 Å². The maximum Gasteiger partial charge on any atom is 0.203 e. The van der Waals surface area contributed by atoms with Gasteiger partial charge in [-0.15, -0.1) is 11.3 Å². The van der Waals surface area contributed by atoms with Gasteiger partial charge in [0.05, 0.1) is 4.88 Å². The second kappa shape index (κ2) is 4.58. The number of benzene rings is 1. The van der Waals surface area contributed by atoms with Crippen LogP contribution in [0.15, 0.2) is 30.3 Å². The fourth-order valence-electron chi connectivity index (χ4n) is 1.38. The lowest BCUT2D eigenvalue weighted by Gasteiger charge is -2.00. The van der Waals surface area contributed by atoms with Gasteiger partial charge in [0.25, 0.3) is 0 Å². The molecule has 1 heterocycles. The van der Waals surface area contributed by atoms with E-state index in [4.69, 9.17) is 23.2 Å². The van der Waals surface area contributed by atoms with Crippen LogP contribution in [0.4, 0.5) is 0 Å². The molecular weight excluding hydrogens is 263 g/mol. The van der Waals surface area contributed by atoms with Crippen molar-refractivity contribution in [2.24, 2.45) is 0 Å². The van der Waals surface area contributed by atoms with Crippen LogP contribution in [-0.4, -0.2) is 5.78 Å². The van der Waals surface area contributed by atoms with Crippen molar-refractivity contribution in [3.63, 3.8) is 0 Å². The van der Waals surface area contributed by atoms with Crippen LogP contribution >= 0.6 is 34.5 Å². The topological polar surface area (TPSA) is 17.1 Å². The molecule has 1 aromatic heterocycles. The Kier molecular flexibility index (Phi) is 3.33. The highest BCUT2D eigenvalue weighted by molar-refractivity contribution is 7.14. The van der Waals surface area contributed by atoms with E-state index >= 15 is 0 Å². The molecule has 0 spiro atoms. The Hall–Kier alpha value is -0.830. The third-order valence-corrected chi connectivity index (χ3v) is 3.52. The van der Waals surface area contributed by atoms with Crippen molar-refractivity contribution in [1.82, 2.24) is 0 Å². The van der Waals surface area contributed by atoms with E-state index in [1.807, 2.05) is 19.1 Å². The van der Waals surface area contributed by atoms with Gasteiger partial charge in [0, 0.05) is 20.5 Å². The molecule has 4 heteroatoms. The van der Waals surface area contributed by atoms with E-state index in [1.54, 1.807) is 18.2 Å². The molecule has 0 aliphatic rings. The van der Waals surface area contributed by atoms with Crippen LogP contribution in [0.1, 0.15) is 20.1 Å². The average molecular weight is 271 g/mol. The van der Waals surface area contributed by atoms with Crippen molar-refractivity contribution in [2.45, 2.75) is 6.92 Å². The zero-order valence-corrected chi connectivity index (χ0v) is 10.8. The molecule has 0 aliphatic heterocycles. The van der Waals surface area contributed by atoms with E-state index in [0.29, 0.717) is 20.5 Å². The molecule has 1 aromatic carbocycles. The van der Waals surface area contributed by atoms with Crippen LogP contribution in [0.3, 0.4) is 0 Å². The highest BCUT2D eigenvalue weighted by atomic mass is 35.5. The highest BCUT2D eigenvalue weighted by Gasteiger charge is 2.12. The molecule has 0 unspecified atom stereocenters. The van der Waals surface area contributed by atoms with Crippen molar-refractivity contribution in [1.29, 1.82) is 0 Å². The van der Waals surface area contributed by atoms with Gasteiger partial charge < -0.3 is 0 Å². The van der Waals surface area contributed by atoms with E-state index in [2.05, 4.69) is 0 Å². The quantitative estimate of drug-likeness (QED) is 0.730. The van der Waals surface area contributed by atoms with Crippen LogP contribution < -0.4 is 0 Å². The molecular formula is C12H8Cl2OS. The summed E-state index contributed by atoms with van der Waals surface area (Å²) in [7, 11) is 0. The van der Waals surface area contributed by atoms with Crippen LogP contribution in [0.5, 0.6) is 0 Å². The molecule has 16 heavy (non-hydrogen) atoms. The number of hydrogen-bond donors (Lipinski definition) is 0. The SMILES string of the molecule is Cc1ccc(C(=O)c2cc(Cl)cc(Cl)c2)s1. The van der Waals surface area contributed by atoms with Crippen LogP contribution in [-0.2, 0) is 0 Å². The molecule has 0 saturated carbocycles. The monoisotopic (exact) mass is 270 g/mol. The first kappa shape index (κ1) is 11.6. The summed E-state index contributed by atoms with van der Waals surface area (Å²) in [6.07, 6.45) is 0. The molecule has 82 valence electrons. The molecule has 0 bridgehead atoms. The molecule has 0 aliphatic carbocycles. The van der Waals surface area contributed by atoms with E-state index in [9.17, 15) is 4.79 Å². The molecule has 1 nitrogen and oxygen atoms in total. The predicted molar refractivity (Wildman–Crippen MR) is 69.0 cm³/mol. The van der Waals surface area contributed by atoms with Gasteiger partial charge in [0.2, 0.25) is 5.78 Å². The molecule has 0 atom stereocenters. The first-order valence-electron chi connectivity index (χ1n) is 4.63. The van der Waals surface area contributed by atoms with Gasteiger partial charge in [-0.2, -0.15) is 0 Å². The summed E-state index contributed by atoms with van der Waals surface area (Å²) in [6.45, 7) is 1.96. The minimum absolute atomic E-state index is 0.0394. The summed E-state index contributed by atoms with van der Waals surface area (Å²) in [4.78, 5) is 13.9. The van der Waals surface area contributed by atoms with Gasteiger partial charge in [0.1, 0.15) is 0 Å². The Morgan fingerprint density at radius 3 is 2.25 bits per heavy atom. The second-order valence-corrected chi connectivity index (χ2v) is 5.56. The van der Waals surface area contributed by atoms with Gasteiger partial charge in [0.15, 0.2) is 0 Å². The number of rotatable bonds is 2. The normalized spacial score (nSPS) is 10.4. The van der Waals surface area contributed by atoms with Gasteiger partial charge in [-0.25, -0.2) is 0 Å². The van der Waals surface area contributed by atoms with E-state index < -0.39 is 0 Å². The lowest BCUT2D eigenvalue weighted by molar-refractivity contribution is 0.104. The smallest absolute Gasteiger partial charge is 0.203 e. The zero-order chi connectivity index (χ0) is 11.7. The summed E-state index contributed by atoms with van der Waals surface area (Å²) in [5.74, 6) is -0.0394. The number of halogens is 2. The van der Waals surface area contributed by atoms with Crippen molar-refractivity contribution in [3.8, 4) is 0 Å². The van der Waals surface area contributed by atoms with Crippen molar-refractivity contribution >= 4 is 40.3 Å². The second-order valence-electron chi connectivity index (χ2n) is 3.40. The van der Waals surface area contributed by atoms with Crippen LogP contribution in [0, 0.1) is 6.92 Å². The lowest BCUT2D eigenvalue weighted by Crippen LogP contribution is -1.98. The van der Waals surface area contributed by atoms with Gasteiger partial charge in [-0.1, -0.05) is 23.2 Å². The molecule has 2 aromatic rings. The lowest BCUT2D eigenvalue weighted by atomic mass is 10.1. The highest BCUT2D eigenvalue weighted by Crippen LogP contribution is 2.24. The average Bonchev–Trinajstić information content (AvgIpc) is 2.62. The molecule has 0 N–H and O–H groups in total. The molecule has 0 fully saturated rings. The Morgan fingerprint density at radius 2 is 1.75 bits per heavy atom. The van der Waals surface area contributed by atoms with Crippen molar-refractivity contribution in [3.05, 3.63) is 55.7 Å². The fourth-order valence-corrected chi connectivity index (χ4v) is 2.74. The standard InChI is InChI=1S/C12H8Cl2OS/c1-7-2-3-11(16-7)12(15)8-4-9(13)6-10(14)5-8/h2-6H,1H3. The summed E-state index contributed by atoms with van der Waals surface area (Å²) < 4.78 is 0. The van der Waals surface area contributed by atoms with Gasteiger partial charge >= 0.3 is 0 Å². The minimum Gasteiger partial charge on any atom is -0.288 e. The largest absolute Gasteiger partial charge is 0.288 e. The number of carbonyl (C=O) groups is 1. The van der Waals surface area contributed by atoms with E-state index in [1.165, 1.54) is 11.3 Å². The third kappa shape index (κ3) is 2.46. The number of hydrogen-bond acceptors (Lipinski definition) is 2. The molecule has 2 rings (SSSR count). The van der Waals surface area contributed by atoms with Gasteiger partial charge in [-0.3, -0.25) is 4.79 Å². The first-order chi connectivity index (χ1) is 7.56. The van der Waals surface area contributed by atoms with Gasteiger partial charge in [-0.05, 0) is 37.3 Å². The fraction of sp³-hybridized carbons (Fsp3) is 0.0833. The number of ketones is 1. The van der Waals surface area contributed by atoms with Crippen LogP contribution in [0.25, 0.3) is 0 Å². The predicted octanol–water partition coefficient (Wildman–Crippen LogP) is 4.59. The van der Waals surface area contributed by atoms with Crippen LogP contribution in [0.2, 0.25) is 10.0 Å². The number of aryl methyl sites for hydroxylation is 1. The molecule has 0 radical (unpaired) electrons. The minimum atomic E-state index is -0.0394. The molecule has 0 amide bonds.